The monoisotopic (exact) mass is 479 g/mol. The lowest BCUT2D eigenvalue weighted by molar-refractivity contribution is -0.192. The van der Waals surface area contributed by atoms with E-state index >= 15 is 0 Å². The smallest absolute Gasteiger partial charge is 0.475 e. The average Bonchev–Trinajstić information content (AvgIpc) is 3.07. The second-order valence-electron chi connectivity index (χ2n) is 6.17. The number of primary amides is 1. The molecule has 10 heteroatoms. The van der Waals surface area contributed by atoms with Crippen LogP contribution in [0.25, 0.3) is 32.9 Å². The van der Waals surface area contributed by atoms with Crippen LogP contribution < -0.4 is 5.73 Å². The normalized spacial score (nSPS) is 11.2. The molecule has 6 nitrogen and oxygen atoms in total. The molecule has 0 saturated heterocycles. The number of amides is 1. The van der Waals surface area contributed by atoms with Crippen molar-refractivity contribution in [2.45, 2.75) is 6.18 Å². The van der Waals surface area contributed by atoms with Crippen molar-refractivity contribution in [2.24, 2.45) is 5.73 Å². The van der Waals surface area contributed by atoms with E-state index in [4.69, 9.17) is 15.6 Å². The van der Waals surface area contributed by atoms with Gasteiger partial charge in [0.05, 0.1) is 16.6 Å². The van der Waals surface area contributed by atoms with Crippen molar-refractivity contribution in [3.63, 3.8) is 0 Å². The molecular weight excluding hydrogens is 467 g/mol. The van der Waals surface area contributed by atoms with Crippen molar-refractivity contribution >= 4 is 49.6 Å². The minimum absolute atomic E-state index is 0.458. The number of rotatable bonds is 2. The molecule has 0 spiro atoms. The molecule has 0 fully saturated rings. The molecule has 2 heterocycles. The molecule has 4 rings (SSSR count). The number of carboxylic acid groups (broad SMARTS) is 1. The van der Waals surface area contributed by atoms with Crippen LogP contribution >= 0.6 is 15.9 Å². The number of halogens is 4. The van der Waals surface area contributed by atoms with E-state index in [-0.39, 0.29) is 0 Å². The van der Waals surface area contributed by atoms with Gasteiger partial charge in [0, 0.05) is 33.2 Å². The van der Waals surface area contributed by atoms with Gasteiger partial charge < -0.3 is 15.8 Å². The number of alkyl halides is 3. The van der Waals surface area contributed by atoms with Crippen LogP contribution in [0.5, 0.6) is 0 Å². The molecule has 4 N–H and O–H groups in total. The molecule has 154 valence electrons. The van der Waals surface area contributed by atoms with E-state index in [1.807, 2.05) is 36.5 Å². The van der Waals surface area contributed by atoms with E-state index in [0.29, 0.717) is 5.56 Å². The number of H-pyrrole nitrogens is 1. The number of pyridine rings is 1. The number of aromatic nitrogens is 2. The van der Waals surface area contributed by atoms with Gasteiger partial charge >= 0.3 is 12.1 Å². The fraction of sp³-hybridized carbons (Fsp3) is 0.0500. The van der Waals surface area contributed by atoms with Crippen molar-refractivity contribution in [3.05, 3.63) is 64.9 Å². The Morgan fingerprint density at radius 1 is 1.10 bits per heavy atom. The Morgan fingerprint density at radius 3 is 2.40 bits per heavy atom. The zero-order valence-corrected chi connectivity index (χ0v) is 16.6. The highest BCUT2D eigenvalue weighted by atomic mass is 79.9. The number of carbonyl (C=O) groups excluding carboxylic acids is 1. The molecule has 0 radical (unpaired) electrons. The highest BCUT2D eigenvalue weighted by Crippen LogP contribution is 2.32. The third-order valence-electron chi connectivity index (χ3n) is 4.17. The van der Waals surface area contributed by atoms with Gasteiger partial charge in [-0.1, -0.05) is 18.2 Å². The molecule has 0 aliphatic rings. The SMILES string of the molecule is NC(=O)c1cc(-c2cnc3ccccc3c2)cc2c(Br)c[nH]c12.O=C(O)C(F)(F)F. The van der Waals surface area contributed by atoms with Gasteiger partial charge in [-0.05, 0) is 45.8 Å². The fourth-order valence-electron chi connectivity index (χ4n) is 2.79. The maximum atomic E-state index is 11.8. The van der Waals surface area contributed by atoms with Crippen LogP contribution in [0.1, 0.15) is 10.4 Å². The van der Waals surface area contributed by atoms with Gasteiger partial charge in [-0.2, -0.15) is 13.2 Å². The second-order valence-corrected chi connectivity index (χ2v) is 7.02. The van der Waals surface area contributed by atoms with Crippen LogP contribution in [0.4, 0.5) is 13.2 Å². The Labute approximate surface area is 175 Å². The molecule has 0 saturated carbocycles. The number of hydrogen-bond acceptors (Lipinski definition) is 3. The van der Waals surface area contributed by atoms with Crippen LogP contribution in [0.15, 0.2) is 59.3 Å². The molecular formula is C20H13BrF3N3O3. The number of carbonyl (C=O) groups is 2. The summed E-state index contributed by atoms with van der Waals surface area (Å²) in [6.07, 6.45) is -1.46. The number of aliphatic carboxylic acids is 1. The van der Waals surface area contributed by atoms with E-state index in [9.17, 15) is 18.0 Å². The number of carboxylic acids is 1. The van der Waals surface area contributed by atoms with Crippen LogP contribution in [0.3, 0.4) is 0 Å². The highest BCUT2D eigenvalue weighted by Gasteiger charge is 2.38. The topological polar surface area (TPSA) is 109 Å². The van der Waals surface area contributed by atoms with Gasteiger partial charge in [0.2, 0.25) is 0 Å². The number of para-hydroxylation sites is 1. The summed E-state index contributed by atoms with van der Waals surface area (Å²) in [5.74, 6) is -3.22. The first-order valence-electron chi connectivity index (χ1n) is 8.33. The predicted molar refractivity (Wildman–Crippen MR) is 109 cm³/mol. The molecule has 0 unspecified atom stereocenters. The Balaban J connectivity index is 0.000000318. The summed E-state index contributed by atoms with van der Waals surface area (Å²) in [6, 6.07) is 13.8. The predicted octanol–water partition coefficient (Wildman–Crippen LogP) is 4.88. The lowest BCUT2D eigenvalue weighted by Crippen LogP contribution is -2.21. The standard InChI is InChI=1S/C18H12BrN3O.C2HF3O2/c19-15-9-22-17-13(15)6-11(7-14(17)18(20)23)12-5-10-3-1-2-4-16(10)21-8-12;3-2(4,5)1(6)7/h1-9,22H,(H2,20,23);(H,6,7). The van der Waals surface area contributed by atoms with Crippen LogP contribution in [0, 0.1) is 0 Å². The number of nitrogens with zero attached hydrogens (tertiary/aromatic N) is 1. The maximum absolute atomic E-state index is 11.8. The fourth-order valence-corrected chi connectivity index (χ4v) is 3.22. The van der Waals surface area contributed by atoms with Gasteiger partial charge in [0.15, 0.2) is 0 Å². The summed E-state index contributed by atoms with van der Waals surface area (Å²) in [7, 11) is 0. The summed E-state index contributed by atoms with van der Waals surface area (Å²) < 4.78 is 32.6. The number of fused-ring (bicyclic) bond motifs is 2. The number of benzene rings is 2. The molecule has 2 aromatic heterocycles. The van der Waals surface area contributed by atoms with Gasteiger partial charge in [-0.25, -0.2) is 4.79 Å². The number of nitrogens with two attached hydrogens (primary N) is 1. The summed E-state index contributed by atoms with van der Waals surface area (Å²) >= 11 is 3.50. The van der Waals surface area contributed by atoms with Crippen molar-refractivity contribution in [2.75, 3.05) is 0 Å². The molecule has 0 aliphatic carbocycles. The number of hydrogen-bond donors (Lipinski definition) is 3. The van der Waals surface area contributed by atoms with Gasteiger partial charge in [-0.3, -0.25) is 9.78 Å². The third kappa shape index (κ3) is 4.43. The molecule has 0 atom stereocenters. The van der Waals surface area contributed by atoms with Gasteiger partial charge in [0.25, 0.3) is 5.91 Å². The lowest BCUT2D eigenvalue weighted by atomic mass is 10.00. The van der Waals surface area contributed by atoms with E-state index in [1.54, 1.807) is 12.3 Å². The van der Waals surface area contributed by atoms with E-state index < -0.39 is 18.1 Å². The zero-order chi connectivity index (χ0) is 22.1. The van der Waals surface area contributed by atoms with Crippen molar-refractivity contribution in [1.29, 1.82) is 0 Å². The average molecular weight is 480 g/mol. The Hall–Kier alpha value is -3.40. The van der Waals surface area contributed by atoms with E-state index in [0.717, 1.165) is 37.4 Å². The highest BCUT2D eigenvalue weighted by molar-refractivity contribution is 9.10. The first-order chi connectivity index (χ1) is 14.1. The summed E-state index contributed by atoms with van der Waals surface area (Å²) in [6.45, 7) is 0. The summed E-state index contributed by atoms with van der Waals surface area (Å²) in [5.41, 5.74) is 9.54. The largest absolute Gasteiger partial charge is 0.490 e. The van der Waals surface area contributed by atoms with Gasteiger partial charge in [-0.15, -0.1) is 0 Å². The summed E-state index contributed by atoms with van der Waals surface area (Å²) in [5, 5.41) is 9.10. The lowest BCUT2D eigenvalue weighted by Gasteiger charge is -2.07. The molecule has 30 heavy (non-hydrogen) atoms. The minimum Gasteiger partial charge on any atom is -0.475 e. The maximum Gasteiger partial charge on any atom is 0.490 e. The second kappa shape index (κ2) is 8.15. The van der Waals surface area contributed by atoms with E-state index in [1.165, 1.54) is 0 Å². The Bertz CT molecular complexity index is 1270. The number of nitrogens with one attached hydrogen (secondary N) is 1. The summed E-state index contributed by atoms with van der Waals surface area (Å²) in [4.78, 5) is 28.3. The first-order valence-corrected chi connectivity index (χ1v) is 9.13. The quantitative estimate of drug-likeness (QED) is 0.380. The molecule has 0 bridgehead atoms. The van der Waals surface area contributed by atoms with Crippen LogP contribution in [0.2, 0.25) is 0 Å². The van der Waals surface area contributed by atoms with Crippen molar-refractivity contribution < 1.29 is 27.9 Å². The van der Waals surface area contributed by atoms with Crippen molar-refractivity contribution in [3.8, 4) is 11.1 Å². The molecule has 1 amide bonds. The number of aromatic amines is 1. The van der Waals surface area contributed by atoms with Crippen LogP contribution in [-0.4, -0.2) is 33.1 Å². The molecule has 2 aromatic carbocycles. The zero-order valence-electron chi connectivity index (χ0n) is 15.0. The Kier molecular flexibility index (Phi) is 5.79. The molecule has 0 aliphatic heterocycles. The Morgan fingerprint density at radius 2 is 1.77 bits per heavy atom. The van der Waals surface area contributed by atoms with Crippen LogP contribution in [-0.2, 0) is 4.79 Å². The van der Waals surface area contributed by atoms with E-state index in [2.05, 4.69) is 32.0 Å². The van der Waals surface area contributed by atoms with Gasteiger partial charge in [0.1, 0.15) is 0 Å². The first kappa shape index (κ1) is 21.3. The third-order valence-corrected chi connectivity index (χ3v) is 4.83. The molecule has 4 aromatic rings. The van der Waals surface area contributed by atoms with Crippen molar-refractivity contribution in [1.82, 2.24) is 9.97 Å². The minimum atomic E-state index is -5.08.